The standard InChI is InChI=1S/C39H48O5S3/c1-14-15-44-33-26(8)39(9,38-25(7)24(6)35(46-38)32-29(42-12)18-21(3)19-30(32)43-13)47-37(33)36-23(5)22(4)34(45-36)31-27(40-10)16-20(2)17-28(31)41-11/h16-19,26H,14-15H2,1-13H3. The highest BCUT2D eigenvalue weighted by atomic mass is 32.2. The molecule has 0 saturated carbocycles. The number of hydrogen-bond donors (Lipinski definition) is 0. The third-order valence-corrected chi connectivity index (χ3v) is 14.5. The molecule has 5 nitrogen and oxygen atoms in total. The first-order chi connectivity index (χ1) is 22.4. The number of methoxy groups -OCH3 is 4. The Hall–Kier alpha value is -3.07. The van der Waals surface area contributed by atoms with Crippen molar-refractivity contribution in [2.45, 2.75) is 73.5 Å². The molecule has 0 fully saturated rings. The predicted octanol–water partition coefficient (Wildman–Crippen LogP) is 11.4. The average molecular weight is 693 g/mol. The SMILES string of the molecule is CCCOC1=C(c2sc(-c3c(OC)cc(C)cc3OC)c(C)c2C)SC(C)(c2sc(-c3c(OC)cc(C)cc3OC)c(C)c2C)C1C. The first kappa shape index (κ1) is 35.2. The van der Waals surface area contributed by atoms with Crippen molar-refractivity contribution >= 4 is 39.3 Å². The summed E-state index contributed by atoms with van der Waals surface area (Å²) in [6.07, 6.45) is 0.949. The molecule has 2 aromatic carbocycles. The van der Waals surface area contributed by atoms with E-state index in [0.29, 0.717) is 6.61 Å². The maximum Gasteiger partial charge on any atom is 0.131 e. The van der Waals surface area contributed by atoms with Gasteiger partial charge in [0.1, 0.15) is 28.8 Å². The molecule has 2 unspecified atom stereocenters. The lowest BCUT2D eigenvalue weighted by molar-refractivity contribution is 0.176. The molecule has 3 heterocycles. The van der Waals surface area contributed by atoms with E-state index in [0.717, 1.165) is 57.4 Å². The van der Waals surface area contributed by atoms with E-state index in [1.54, 1.807) is 28.4 Å². The van der Waals surface area contributed by atoms with Gasteiger partial charge in [-0.15, -0.1) is 34.4 Å². The van der Waals surface area contributed by atoms with Crippen LogP contribution in [0.3, 0.4) is 0 Å². The minimum absolute atomic E-state index is 0.147. The van der Waals surface area contributed by atoms with Crippen molar-refractivity contribution in [1.29, 1.82) is 0 Å². The number of aryl methyl sites for hydroxylation is 2. The minimum Gasteiger partial charge on any atom is -0.496 e. The molecule has 8 heteroatoms. The Labute approximate surface area is 293 Å². The second-order valence-corrected chi connectivity index (χ2v) is 16.1. The molecule has 1 aliphatic rings. The highest BCUT2D eigenvalue weighted by molar-refractivity contribution is 8.09. The van der Waals surface area contributed by atoms with Crippen molar-refractivity contribution in [3.63, 3.8) is 0 Å². The van der Waals surface area contributed by atoms with Gasteiger partial charge in [0.2, 0.25) is 0 Å². The van der Waals surface area contributed by atoms with Gasteiger partial charge < -0.3 is 23.7 Å². The summed E-state index contributed by atoms with van der Waals surface area (Å²) >= 11 is 5.61. The van der Waals surface area contributed by atoms with Crippen LogP contribution in [0.1, 0.15) is 70.3 Å². The number of thiophene rings is 2. The fourth-order valence-corrected chi connectivity index (χ4v) is 11.3. The molecular weight excluding hydrogens is 645 g/mol. The monoisotopic (exact) mass is 692 g/mol. The molecule has 0 spiro atoms. The Morgan fingerprint density at radius 3 is 1.51 bits per heavy atom. The quantitative estimate of drug-likeness (QED) is 0.156. The molecule has 0 bridgehead atoms. The average Bonchev–Trinajstić information content (AvgIpc) is 3.62. The summed E-state index contributed by atoms with van der Waals surface area (Å²) in [4.78, 5) is 6.19. The van der Waals surface area contributed by atoms with E-state index in [1.807, 2.05) is 34.4 Å². The van der Waals surface area contributed by atoms with E-state index in [1.165, 1.54) is 46.7 Å². The highest BCUT2D eigenvalue weighted by Gasteiger charge is 2.48. The predicted molar refractivity (Wildman–Crippen MR) is 201 cm³/mol. The Bertz CT molecular complexity index is 1800. The molecule has 0 radical (unpaired) electrons. The third kappa shape index (κ3) is 5.95. The zero-order valence-corrected chi connectivity index (χ0v) is 32.5. The largest absolute Gasteiger partial charge is 0.496 e. The van der Waals surface area contributed by atoms with Crippen LogP contribution in [0, 0.1) is 47.5 Å². The van der Waals surface area contributed by atoms with Gasteiger partial charge in [0.05, 0.1) is 55.8 Å². The van der Waals surface area contributed by atoms with Crippen molar-refractivity contribution in [3.8, 4) is 43.9 Å². The lowest BCUT2D eigenvalue weighted by atomic mass is 9.88. The van der Waals surface area contributed by atoms with Gasteiger partial charge >= 0.3 is 0 Å². The third-order valence-electron chi connectivity index (χ3n) is 9.53. The number of rotatable bonds is 11. The van der Waals surface area contributed by atoms with Gasteiger partial charge in [-0.05, 0) is 113 Å². The first-order valence-electron chi connectivity index (χ1n) is 16.1. The summed E-state index contributed by atoms with van der Waals surface area (Å²) < 4.78 is 30.1. The van der Waals surface area contributed by atoms with Gasteiger partial charge in [-0.3, -0.25) is 0 Å². The van der Waals surface area contributed by atoms with Crippen molar-refractivity contribution in [3.05, 3.63) is 73.2 Å². The second kappa shape index (κ2) is 13.8. The van der Waals surface area contributed by atoms with Crippen LogP contribution in [-0.2, 0) is 9.48 Å². The smallest absolute Gasteiger partial charge is 0.131 e. The maximum absolute atomic E-state index is 6.69. The van der Waals surface area contributed by atoms with E-state index in [2.05, 4.69) is 86.6 Å². The maximum atomic E-state index is 6.69. The molecule has 2 aromatic heterocycles. The Kier molecular flexibility index (Phi) is 10.4. The van der Waals surface area contributed by atoms with Crippen molar-refractivity contribution in [2.24, 2.45) is 5.92 Å². The molecule has 0 aliphatic carbocycles. The zero-order chi connectivity index (χ0) is 34.4. The van der Waals surface area contributed by atoms with Crippen LogP contribution in [0.15, 0.2) is 30.0 Å². The molecule has 0 saturated heterocycles. The number of allylic oxidation sites excluding steroid dienone is 1. The van der Waals surface area contributed by atoms with Crippen LogP contribution in [0.5, 0.6) is 23.0 Å². The van der Waals surface area contributed by atoms with Gasteiger partial charge in [-0.1, -0.05) is 13.8 Å². The summed E-state index contributed by atoms with van der Waals surface area (Å²) in [5.74, 6) is 4.54. The van der Waals surface area contributed by atoms with Crippen molar-refractivity contribution < 1.29 is 23.7 Å². The molecule has 1 aliphatic heterocycles. The summed E-state index contributed by atoms with van der Waals surface area (Å²) in [6.45, 7) is 20.6. The van der Waals surface area contributed by atoms with Crippen LogP contribution in [-0.4, -0.2) is 35.0 Å². The molecule has 0 N–H and O–H groups in total. The van der Waals surface area contributed by atoms with Gasteiger partial charge in [0.15, 0.2) is 0 Å². The zero-order valence-electron chi connectivity index (χ0n) is 30.1. The summed E-state index contributed by atoms with van der Waals surface area (Å²) in [6, 6.07) is 8.35. The molecule has 5 rings (SSSR count). The number of thioether (sulfide) groups is 1. The van der Waals surface area contributed by atoms with Gasteiger partial charge in [-0.25, -0.2) is 0 Å². The van der Waals surface area contributed by atoms with E-state index in [4.69, 9.17) is 23.7 Å². The number of benzene rings is 2. The van der Waals surface area contributed by atoms with Crippen LogP contribution in [0.4, 0.5) is 0 Å². The van der Waals surface area contributed by atoms with Crippen LogP contribution in [0.2, 0.25) is 0 Å². The summed E-state index contributed by atoms with van der Waals surface area (Å²) in [7, 11) is 6.93. The molecule has 2 atom stereocenters. The first-order valence-corrected chi connectivity index (χ1v) is 18.5. The lowest BCUT2D eigenvalue weighted by Gasteiger charge is -2.29. The molecule has 0 amide bonds. The van der Waals surface area contributed by atoms with Crippen LogP contribution in [0.25, 0.3) is 25.8 Å². The van der Waals surface area contributed by atoms with Crippen molar-refractivity contribution in [1.82, 2.24) is 0 Å². The summed E-state index contributed by atoms with van der Waals surface area (Å²) in [5.41, 5.74) is 9.29. The van der Waals surface area contributed by atoms with Crippen molar-refractivity contribution in [2.75, 3.05) is 35.0 Å². The van der Waals surface area contributed by atoms with E-state index >= 15 is 0 Å². The fourth-order valence-electron chi connectivity index (χ4n) is 6.49. The molecule has 4 aromatic rings. The number of hydrogen-bond acceptors (Lipinski definition) is 8. The van der Waals surface area contributed by atoms with E-state index in [9.17, 15) is 0 Å². The Morgan fingerprint density at radius 1 is 0.638 bits per heavy atom. The highest BCUT2D eigenvalue weighted by Crippen LogP contribution is 2.64. The molecule has 47 heavy (non-hydrogen) atoms. The summed E-state index contributed by atoms with van der Waals surface area (Å²) in [5, 5.41) is 0. The normalized spacial score (nSPS) is 17.8. The van der Waals surface area contributed by atoms with Crippen LogP contribution >= 0.6 is 34.4 Å². The van der Waals surface area contributed by atoms with Gasteiger partial charge in [0, 0.05) is 25.4 Å². The van der Waals surface area contributed by atoms with E-state index in [-0.39, 0.29) is 10.7 Å². The Morgan fingerprint density at radius 2 is 1.06 bits per heavy atom. The topological polar surface area (TPSA) is 46.2 Å². The number of ether oxygens (including phenoxy) is 5. The Balaban J connectivity index is 1.67. The fraction of sp³-hybridized carbons (Fsp3) is 0.436. The second-order valence-electron chi connectivity index (χ2n) is 12.6. The molecular formula is C39H48O5S3. The van der Waals surface area contributed by atoms with Gasteiger partial charge in [0.25, 0.3) is 0 Å². The molecule has 252 valence electrons. The van der Waals surface area contributed by atoms with Crippen LogP contribution < -0.4 is 18.9 Å². The minimum atomic E-state index is -0.245. The van der Waals surface area contributed by atoms with E-state index < -0.39 is 0 Å². The lowest BCUT2D eigenvalue weighted by Crippen LogP contribution is -2.24. The van der Waals surface area contributed by atoms with Gasteiger partial charge in [-0.2, -0.15) is 0 Å².